The van der Waals surface area contributed by atoms with Crippen LogP contribution < -0.4 is 10.1 Å². The van der Waals surface area contributed by atoms with Gasteiger partial charge in [-0.05, 0) is 30.7 Å². The van der Waals surface area contributed by atoms with Crippen LogP contribution >= 0.6 is 11.6 Å². The van der Waals surface area contributed by atoms with E-state index in [0.29, 0.717) is 5.15 Å². The molecule has 0 amide bonds. The Morgan fingerprint density at radius 3 is 2.58 bits per heavy atom. The predicted molar refractivity (Wildman–Crippen MR) is 77.3 cm³/mol. The second kappa shape index (κ2) is 6.38. The number of methoxy groups -OCH3 is 1. The van der Waals surface area contributed by atoms with E-state index < -0.39 is 0 Å². The third-order valence-electron chi connectivity index (χ3n) is 2.75. The van der Waals surface area contributed by atoms with Crippen LogP contribution in [0.4, 0.5) is 11.5 Å². The molecule has 0 radical (unpaired) electrons. The minimum absolute atomic E-state index is 0.507. The van der Waals surface area contributed by atoms with Gasteiger partial charge in [0.1, 0.15) is 23.0 Å². The molecule has 1 aromatic heterocycles. The van der Waals surface area contributed by atoms with Crippen molar-refractivity contribution < 1.29 is 4.74 Å². The summed E-state index contributed by atoms with van der Waals surface area (Å²) in [6.07, 6.45) is 3.30. The number of nitrogens with zero attached hydrogens (tertiary/aromatic N) is 2. The van der Waals surface area contributed by atoms with Gasteiger partial charge in [0.2, 0.25) is 0 Å². The summed E-state index contributed by atoms with van der Waals surface area (Å²) in [5, 5.41) is 3.77. The molecule has 0 saturated heterocycles. The molecule has 2 aromatic rings. The Kier molecular flexibility index (Phi) is 4.58. The summed E-state index contributed by atoms with van der Waals surface area (Å²) in [7, 11) is 1.64. The van der Waals surface area contributed by atoms with Gasteiger partial charge in [0.15, 0.2) is 0 Å². The van der Waals surface area contributed by atoms with E-state index in [2.05, 4.69) is 22.2 Å². The van der Waals surface area contributed by atoms with Crippen molar-refractivity contribution >= 4 is 23.1 Å². The highest BCUT2D eigenvalue weighted by Gasteiger charge is 2.09. The molecule has 1 heterocycles. The summed E-state index contributed by atoms with van der Waals surface area (Å²) in [5.41, 5.74) is 1.88. The van der Waals surface area contributed by atoms with Gasteiger partial charge in [-0.3, -0.25) is 0 Å². The smallest absolute Gasteiger partial charge is 0.138 e. The van der Waals surface area contributed by atoms with Crippen LogP contribution in [0.25, 0.3) is 0 Å². The predicted octanol–water partition coefficient (Wildman–Crippen LogP) is 3.83. The normalized spacial score (nSPS) is 10.3. The highest BCUT2D eigenvalue weighted by molar-refractivity contribution is 6.30. The first-order valence-corrected chi connectivity index (χ1v) is 6.52. The van der Waals surface area contributed by atoms with E-state index >= 15 is 0 Å². The lowest BCUT2D eigenvalue weighted by Gasteiger charge is -2.11. The molecule has 0 fully saturated rings. The lowest BCUT2D eigenvalue weighted by Crippen LogP contribution is -2.01. The van der Waals surface area contributed by atoms with Gasteiger partial charge in [0.05, 0.1) is 7.11 Å². The summed E-state index contributed by atoms with van der Waals surface area (Å²) in [5.74, 6) is 1.58. The number of nitrogens with one attached hydrogen (secondary N) is 1. The van der Waals surface area contributed by atoms with Crippen molar-refractivity contribution in [2.45, 2.75) is 19.8 Å². The SMILES string of the molecule is CCCc1c(Cl)ncnc1Nc1ccc(OC)cc1. The average Bonchev–Trinajstić information content (AvgIpc) is 2.43. The largest absolute Gasteiger partial charge is 0.497 e. The van der Waals surface area contributed by atoms with Crippen LogP contribution in [0.3, 0.4) is 0 Å². The van der Waals surface area contributed by atoms with E-state index in [0.717, 1.165) is 35.7 Å². The molecule has 2 rings (SSSR count). The number of rotatable bonds is 5. The standard InChI is InChI=1S/C14H16ClN3O/c1-3-4-12-13(15)16-9-17-14(12)18-10-5-7-11(19-2)8-6-10/h5-9H,3-4H2,1-2H3,(H,16,17,18). The lowest BCUT2D eigenvalue weighted by atomic mass is 10.2. The fourth-order valence-electron chi connectivity index (χ4n) is 1.78. The molecular weight excluding hydrogens is 262 g/mol. The van der Waals surface area contributed by atoms with Crippen molar-refractivity contribution in [3.05, 3.63) is 41.3 Å². The van der Waals surface area contributed by atoms with E-state index in [1.165, 1.54) is 6.33 Å². The zero-order valence-electron chi connectivity index (χ0n) is 11.0. The second-order valence-corrected chi connectivity index (χ2v) is 4.45. The maximum absolute atomic E-state index is 6.11. The first-order valence-electron chi connectivity index (χ1n) is 6.15. The maximum atomic E-state index is 6.11. The summed E-state index contributed by atoms with van der Waals surface area (Å²) < 4.78 is 5.13. The van der Waals surface area contributed by atoms with E-state index in [1.54, 1.807) is 7.11 Å². The van der Waals surface area contributed by atoms with Gasteiger partial charge in [-0.15, -0.1) is 0 Å². The number of halogens is 1. The van der Waals surface area contributed by atoms with Gasteiger partial charge in [0, 0.05) is 11.3 Å². The molecule has 5 heteroatoms. The van der Waals surface area contributed by atoms with Gasteiger partial charge in [0.25, 0.3) is 0 Å². The Morgan fingerprint density at radius 1 is 1.21 bits per heavy atom. The number of anilines is 2. The van der Waals surface area contributed by atoms with E-state index in [4.69, 9.17) is 16.3 Å². The Balaban J connectivity index is 2.24. The molecule has 0 atom stereocenters. The molecule has 0 spiro atoms. The number of benzene rings is 1. The Bertz CT molecular complexity index is 543. The topological polar surface area (TPSA) is 47.0 Å². The molecule has 19 heavy (non-hydrogen) atoms. The Labute approximate surface area is 117 Å². The van der Waals surface area contributed by atoms with Gasteiger partial charge in [-0.1, -0.05) is 24.9 Å². The van der Waals surface area contributed by atoms with Gasteiger partial charge >= 0.3 is 0 Å². The van der Waals surface area contributed by atoms with Gasteiger partial charge in [-0.25, -0.2) is 9.97 Å². The molecule has 0 aliphatic heterocycles. The third-order valence-corrected chi connectivity index (χ3v) is 3.07. The van der Waals surface area contributed by atoms with Crippen molar-refractivity contribution in [2.75, 3.05) is 12.4 Å². The van der Waals surface area contributed by atoms with Crippen LogP contribution in [0.1, 0.15) is 18.9 Å². The first-order chi connectivity index (χ1) is 9.24. The molecule has 0 aliphatic rings. The summed E-state index contributed by atoms with van der Waals surface area (Å²) in [6, 6.07) is 7.66. The van der Waals surface area contributed by atoms with E-state index in [-0.39, 0.29) is 0 Å². The molecule has 0 saturated carbocycles. The van der Waals surface area contributed by atoms with Crippen LogP contribution in [-0.2, 0) is 6.42 Å². The molecule has 1 aromatic carbocycles. The zero-order valence-corrected chi connectivity index (χ0v) is 11.7. The fraction of sp³-hybridized carbons (Fsp3) is 0.286. The van der Waals surface area contributed by atoms with Crippen LogP contribution in [0, 0.1) is 0 Å². The van der Waals surface area contributed by atoms with E-state index in [1.807, 2.05) is 24.3 Å². The summed E-state index contributed by atoms with van der Waals surface area (Å²) in [4.78, 5) is 8.28. The number of aromatic nitrogens is 2. The van der Waals surface area contributed by atoms with Crippen molar-refractivity contribution in [2.24, 2.45) is 0 Å². The Hall–Kier alpha value is -1.81. The average molecular weight is 278 g/mol. The Morgan fingerprint density at radius 2 is 1.95 bits per heavy atom. The van der Waals surface area contributed by atoms with Crippen LogP contribution in [0.5, 0.6) is 5.75 Å². The van der Waals surface area contributed by atoms with Crippen LogP contribution in [-0.4, -0.2) is 17.1 Å². The summed E-state index contributed by atoms with van der Waals surface area (Å²) in [6.45, 7) is 2.10. The molecule has 4 nitrogen and oxygen atoms in total. The third kappa shape index (κ3) is 3.35. The monoisotopic (exact) mass is 277 g/mol. The van der Waals surface area contributed by atoms with Gasteiger partial charge < -0.3 is 10.1 Å². The maximum Gasteiger partial charge on any atom is 0.138 e. The van der Waals surface area contributed by atoms with Gasteiger partial charge in [-0.2, -0.15) is 0 Å². The van der Waals surface area contributed by atoms with Crippen molar-refractivity contribution in [1.29, 1.82) is 0 Å². The molecule has 0 bridgehead atoms. The molecule has 0 unspecified atom stereocenters. The zero-order chi connectivity index (χ0) is 13.7. The van der Waals surface area contributed by atoms with Crippen molar-refractivity contribution in [3.8, 4) is 5.75 Å². The molecule has 100 valence electrons. The van der Waals surface area contributed by atoms with Crippen molar-refractivity contribution in [3.63, 3.8) is 0 Å². The summed E-state index contributed by atoms with van der Waals surface area (Å²) >= 11 is 6.11. The molecule has 1 N–H and O–H groups in total. The number of hydrogen-bond donors (Lipinski definition) is 1. The second-order valence-electron chi connectivity index (χ2n) is 4.10. The minimum atomic E-state index is 0.507. The molecule has 0 aliphatic carbocycles. The highest BCUT2D eigenvalue weighted by atomic mass is 35.5. The number of hydrogen-bond acceptors (Lipinski definition) is 4. The first kappa shape index (κ1) is 13.6. The number of ether oxygens (including phenoxy) is 1. The van der Waals surface area contributed by atoms with Crippen LogP contribution in [0.15, 0.2) is 30.6 Å². The van der Waals surface area contributed by atoms with Crippen molar-refractivity contribution in [1.82, 2.24) is 9.97 Å². The highest BCUT2D eigenvalue weighted by Crippen LogP contribution is 2.25. The molecular formula is C14H16ClN3O. The minimum Gasteiger partial charge on any atom is -0.497 e. The lowest BCUT2D eigenvalue weighted by molar-refractivity contribution is 0.415. The van der Waals surface area contributed by atoms with Crippen LogP contribution in [0.2, 0.25) is 5.15 Å². The fourth-order valence-corrected chi connectivity index (χ4v) is 2.01. The quantitative estimate of drug-likeness (QED) is 0.844. The van der Waals surface area contributed by atoms with E-state index in [9.17, 15) is 0 Å².